The van der Waals surface area contributed by atoms with Gasteiger partial charge in [-0.15, -0.1) is 17.8 Å². The van der Waals surface area contributed by atoms with Crippen LogP contribution in [0, 0.1) is 18.2 Å². The van der Waals surface area contributed by atoms with Gasteiger partial charge in [0.1, 0.15) is 5.82 Å². The van der Waals surface area contributed by atoms with Crippen molar-refractivity contribution in [2.24, 2.45) is 0 Å². The second kappa shape index (κ2) is 8.31. The fourth-order valence-corrected chi connectivity index (χ4v) is 3.91. The van der Waals surface area contributed by atoms with Crippen molar-refractivity contribution in [2.75, 3.05) is 11.9 Å². The fraction of sp³-hybridized carbons (Fsp3) is 0.0526. The lowest BCUT2D eigenvalue weighted by molar-refractivity contribution is 0.102. The van der Waals surface area contributed by atoms with Gasteiger partial charge in [-0.05, 0) is 48.5 Å². The fourth-order valence-electron chi connectivity index (χ4n) is 2.26. The van der Waals surface area contributed by atoms with Gasteiger partial charge < -0.3 is 0 Å². The Labute approximate surface area is 165 Å². The minimum absolute atomic E-state index is 0.00662. The lowest BCUT2D eigenvalue weighted by atomic mass is 10.2. The zero-order chi connectivity index (χ0) is 20.1. The molecule has 0 bridgehead atoms. The number of carbonyl (C=O) groups is 1. The molecule has 2 aromatic carbocycles. The van der Waals surface area contributed by atoms with E-state index < -0.39 is 15.9 Å². The van der Waals surface area contributed by atoms with Crippen molar-refractivity contribution in [3.8, 4) is 23.6 Å². The number of nitrogens with one attached hydrogen (secondary N) is 2. The van der Waals surface area contributed by atoms with Crippen molar-refractivity contribution in [2.45, 2.75) is 4.90 Å². The molecule has 9 heteroatoms. The highest BCUT2D eigenvalue weighted by atomic mass is 32.2. The molecule has 0 radical (unpaired) electrons. The van der Waals surface area contributed by atoms with Crippen LogP contribution in [0.4, 0.5) is 9.52 Å². The van der Waals surface area contributed by atoms with Crippen molar-refractivity contribution in [3.05, 3.63) is 65.3 Å². The SMILES string of the molecule is C#CCNS(=O)(=O)c1ccc(C(=O)Nc2nc(-c3ccc(F)cc3)cs2)cc1. The predicted octanol–water partition coefficient (Wildman–Crippen LogP) is 3.11. The first-order chi connectivity index (χ1) is 13.4. The van der Waals surface area contributed by atoms with Gasteiger partial charge in [0.25, 0.3) is 5.91 Å². The van der Waals surface area contributed by atoms with Crippen LogP contribution in [0.1, 0.15) is 10.4 Å². The van der Waals surface area contributed by atoms with Crippen molar-refractivity contribution in [3.63, 3.8) is 0 Å². The molecular weight excluding hydrogens is 401 g/mol. The summed E-state index contributed by atoms with van der Waals surface area (Å²) in [5.74, 6) is 1.42. The average molecular weight is 415 g/mol. The second-order valence-electron chi connectivity index (χ2n) is 5.55. The number of hydrogen-bond acceptors (Lipinski definition) is 5. The van der Waals surface area contributed by atoms with Crippen LogP contribution in [0.3, 0.4) is 0 Å². The standard InChI is InChI=1S/C19H14FN3O3S2/c1-2-11-21-28(25,26)16-9-5-14(6-10-16)18(24)23-19-22-17(12-27-19)13-3-7-15(20)8-4-13/h1,3-10,12,21H,11H2,(H,22,23,24). The van der Waals surface area contributed by atoms with Crippen molar-refractivity contribution < 1.29 is 17.6 Å². The molecule has 2 N–H and O–H groups in total. The number of anilines is 1. The average Bonchev–Trinajstić information content (AvgIpc) is 3.15. The minimum atomic E-state index is -3.72. The smallest absolute Gasteiger partial charge is 0.257 e. The van der Waals surface area contributed by atoms with Crippen molar-refractivity contribution in [1.82, 2.24) is 9.71 Å². The van der Waals surface area contributed by atoms with Gasteiger partial charge in [-0.3, -0.25) is 10.1 Å². The number of carbonyl (C=O) groups excluding carboxylic acids is 1. The van der Waals surface area contributed by atoms with Crippen LogP contribution < -0.4 is 10.0 Å². The summed E-state index contributed by atoms with van der Waals surface area (Å²) in [7, 11) is -3.72. The molecule has 28 heavy (non-hydrogen) atoms. The Hall–Kier alpha value is -3.06. The molecule has 0 spiro atoms. The van der Waals surface area contributed by atoms with E-state index in [2.05, 4.69) is 20.9 Å². The molecule has 1 aromatic heterocycles. The lowest BCUT2D eigenvalue weighted by Crippen LogP contribution is -2.24. The quantitative estimate of drug-likeness (QED) is 0.606. The molecule has 0 aliphatic carbocycles. The summed E-state index contributed by atoms with van der Waals surface area (Å²) in [4.78, 5) is 16.7. The van der Waals surface area contributed by atoms with Gasteiger partial charge in [0.2, 0.25) is 10.0 Å². The molecule has 0 fully saturated rings. The maximum Gasteiger partial charge on any atom is 0.257 e. The van der Waals surface area contributed by atoms with Gasteiger partial charge in [-0.25, -0.2) is 17.8 Å². The first-order valence-corrected chi connectivity index (χ1v) is 10.3. The topological polar surface area (TPSA) is 88.2 Å². The third-order valence-electron chi connectivity index (χ3n) is 3.66. The van der Waals surface area contributed by atoms with Crippen molar-refractivity contribution in [1.29, 1.82) is 0 Å². The number of hydrogen-bond donors (Lipinski definition) is 2. The Morgan fingerprint density at radius 3 is 2.46 bits per heavy atom. The predicted molar refractivity (Wildman–Crippen MR) is 106 cm³/mol. The van der Waals surface area contributed by atoms with E-state index >= 15 is 0 Å². The largest absolute Gasteiger partial charge is 0.298 e. The highest BCUT2D eigenvalue weighted by Crippen LogP contribution is 2.25. The summed E-state index contributed by atoms with van der Waals surface area (Å²) in [6, 6.07) is 11.3. The van der Waals surface area contributed by atoms with Gasteiger partial charge in [0, 0.05) is 16.5 Å². The number of halogens is 1. The molecule has 3 aromatic rings. The zero-order valence-corrected chi connectivity index (χ0v) is 16.0. The molecule has 0 aliphatic heterocycles. The molecule has 1 heterocycles. The van der Waals surface area contributed by atoms with Gasteiger partial charge in [0.15, 0.2) is 5.13 Å². The molecule has 1 amide bonds. The van der Waals surface area contributed by atoms with Gasteiger partial charge in [-0.2, -0.15) is 4.72 Å². The second-order valence-corrected chi connectivity index (χ2v) is 8.18. The van der Waals surface area contributed by atoms with Gasteiger partial charge >= 0.3 is 0 Å². The summed E-state index contributed by atoms with van der Waals surface area (Å²) in [6.07, 6.45) is 5.04. The van der Waals surface area contributed by atoms with E-state index in [-0.39, 0.29) is 22.8 Å². The van der Waals surface area contributed by atoms with E-state index in [9.17, 15) is 17.6 Å². The van der Waals surface area contributed by atoms with Crippen LogP contribution in [-0.4, -0.2) is 25.9 Å². The summed E-state index contributed by atoms with van der Waals surface area (Å²) in [5, 5.41) is 4.77. The van der Waals surface area contributed by atoms with Crippen LogP contribution in [0.5, 0.6) is 0 Å². The van der Waals surface area contributed by atoms with E-state index in [4.69, 9.17) is 6.42 Å². The normalized spacial score (nSPS) is 11.0. The molecule has 6 nitrogen and oxygen atoms in total. The number of sulfonamides is 1. The number of nitrogens with zero attached hydrogens (tertiary/aromatic N) is 1. The van der Waals surface area contributed by atoms with Crippen LogP contribution in [0.2, 0.25) is 0 Å². The minimum Gasteiger partial charge on any atom is -0.298 e. The molecule has 0 unspecified atom stereocenters. The monoisotopic (exact) mass is 415 g/mol. The zero-order valence-electron chi connectivity index (χ0n) is 14.3. The van der Waals surface area contributed by atoms with Gasteiger partial charge in [-0.1, -0.05) is 5.92 Å². The van der Waals surface area contributed by atoms with Crippen LogP contribution in [0.15, 0.2) is 58.8 Å². The number of thiazole rings is 1. The number of amides is 1. The van der Waals surface area contributed by atoms with E-state index in [1.807, 2.05) is 0 Å². The van der Waals surface area contributed by atoms with Crippen LogP contribution >= 0.6 is 11.3 Å². The Balaban J connectivity index is 1.70. The van der Waals surface area contributed by atoms with Crippen LogP contribution in [0.25, 0.3) is 11.3 Å². The first kappa shape index (κ1) is 19.7. The van der Waals surface area contributed by atoms with Crippen molar-refractivity contribution >= 4 is 32.4 Å². The summed E-state index contributed by atoms with van der Waals surface area (Å²) in [6.45, 7) is -0.120. The maximum atomic E-state index is 13.0. The van der Waals surface area contributed by atoms with Crippen LogP contribution in [-0.2, 0) is 10.0 Å². The molecule has 0 aliphatic rings. The number of terminal acetylenes is 1. The third-order valence-corrected chi connectivity index (χ3v) is 5.83. The van der Waals surface area contributed by atoms with E-state index in [1.54, 1.807) is 17.5 Å². The first-order valence-electron chi connectivity index (χ1n) is 7.95. The van der Waals surface area contributed by atoms with E-state index in [0.29, 0.717) is 10.8 Å². The Morgan fingerprint density at radius 1 is 1.14 bits per heavy atom. The summed E-state index contributed by atoms with van der Waals surface area (Å²) in [5.41, 5.74) is 1.61. The van der Waals surface area contributed by atoms with E-state index in [1.165, 1.54) is 47.7 Å². The molecule has 0 atom stereocenters. The van der Waals surface area contributed by atoms with E-state index in [0.717, 1.165) is 5.56 Å². The molecule has 142 valence electrons. The highest BCUT2D eigenvalue weighted by molar-refractivity contribution is 7.89. The Morgan fingerprint density at radius 2 is 1.82 bits per heavy atom. The Bertz CT molecular complexity index is 1130. The summed E-state index contributed by atoms with van der Waals surface area (Å²) >= 11 is 1.23. The Kier molecular flexibility index (Phi) is 5.84. The molecule has 0 saturated heterocycles. The lowest BCUT2D eigenvalue weighted by Gasteiger charge is -2.06. The molecular formula is C19H14FN3O3S2. The number of rotatable bonds is 6. The van der Waals surface area contributed by atoms with Gasteiger partial charge in [0.05, 0.1) is 17.1 Å². The third kappa shape index (κ3) is 4.61. The number of aromatic nitrogens is 1. The molecule has 0 saturated carbocycles. The molecule has 3 rings (SSSR count). The summed E-state index contributed by atoms with van der Waals surface area (Å²) < 4.78 is 39.2. The number of benzene rings is 2. The maximum absolute atomic E-state index is 13.0. The highest BCUT2D eigenvalue weighted by Gasteiger charge is 2.15.